The first-order valence-electron chi connectivity index (χ1n) is 7.46. The van der Waals surface area contributed by atoms with Crippen molar-refractivity contribution in [2.24, 2.45) is 0 Å². The lowest BCUT2D eigenvalue weighted by Gasteiger charge is -2.14. The molecule has 2 heterocycles. The summed E-state index contributed by atoms with van der Waals surface area (Å²) in [6.07, 6.45) is 5.47. The van der Waals surface area contributed by atoms with Gasteiger partial charge in [0.15, 0.2) is 0 Å². The van der Waals surface area contributed by atoms with Crippen LogP contribution in [0, 0.1) is 0 Å². The van der Waals surface area contributed by atoms with Gasteiger partial charge in [0.25, 0.3) is 0 Å². The van der Waals surface area contributed by atoms with Crippen LogP contribution in [-0.2, 0) is 6.54 Å². The van der Waals surface area contributed by atoms with E-state index in [0.29, 0.717) is 6.04 Å². The monoisotopic (exact) mass is 289 g/mol. The van der Waals surface area contributed by atoms with Crippen LogP contribution in [0.3, 0.4) is 0 Å². The Kier molecular flexibility index (Phi) is 4.56. The highest BCUT2D eigenvalue weighted by Crippen LogP contribution is 2.17. The largest absolute Gasteiger partial charge is 0.306 e. The van der Waals surface area contributed by atoms with Crippen LogP contribution < -0.4 is 5.32 Å². The van der Waals surface area contributed by atoms with Crippen LogP contribution in [0.5, 0.6) is 0 Å². The Morgan fingerprint density at radius 3 is 2.64 bits per heavy atom. The quantitative estimate of drug-likeness (QED) is 0.771. The van der Waals surface area contributed by atoms with Gasteiger partial charge in [-0.2, -0.15) is 0 Å². The fraction of sp³-hybridized carbons (Fsp3) is 0.158. The molecule has 1 N–H and O–H groups in total. The molecule has 3 heteroatoms. The molecular formula is C19H19N3. The van der Waals surface area contributed by atoms with E-state index < -0.39 is 0 Å². The molecule has 0 fully saturated rings. The van der Waals surface area contributed by atoms with E-state index in [1.165, 1.54) is 11.1 Å². The van der Waals surface area contributed by atoms with E-state index in [-0.39, 0.29) is 0 Å². The van der Waals surface area contributed by atoms with Crippen LogP contribution in [0.25, 0.3) is 11.3 Å². The van der Waals surface area contributed by atoms with Crippen LogP contribution in [-0.4, -0.2) is 9.97 Å². The van der Waals surface area contributed by atoms with Crippen LogP contribution in [0.15, 0.2) is 73.2 Å². The van der Waals surface area contributed by atoms with Crippen LogP contribution in [0.4, 0.5) is 0 Å². The normalized spacial score (nSPS) is 12.0. The molecule has 22 heavy (non-hydrogen) atoms. The number of benzene rings is 1. The lowest BCUT2D eigenvalue weighted by atomic mass is 10.1. The fourth-order valence-electron chi connectivity index (χ4n) is 2.39. The van der Waals surface area contributed by atoms with Gasteiger partial charge in [-0.15, -0.1) is 0 Å². The number of pyridine rings is 2. The van der Waals surface area contributed by atoms with Crippen molar-refractivity contribution in [1.29, 1.82) is 0 Å². The maximum absolute atomic E-state index is 4.43. The Hall–Kier alpha value is -2.52. The molecule has 0 saturated carbocycles. The number of aromatic nitrogens is 2. The van der Waals surface area contributed by atoms with Gasteiger partial charge in [0.05, 0.1) is 5.69 Å². The zero-order valence-corrected chi connectivity index (χ0v) is 12.6. The van der Waals surface area contributed by atoms with Gasteiger partial charge in [0, 0.05) is 36.7 Å². The number of nitrogens with one attached hydrogen (secondary N) is 1. The molecule has 0 amide bonds. The van der Waals surface area contributed by atoms with Gasteiger partial charge in [0.2, 0.25) is 0 Å². The summed E-state index contributed by atoms with van der Waals surface area (Å²) >= 11 is 0. The summed E-state index contributed by atoms with van der Waals surface area (Å²) in [5.41, 5.74) is 4.51. The molecule has 3 nitrogen and oxygen atoms in total. The van der Waals surface area contributed by atoms with Crippen LogP contribution in [0.2, 0.25) is 0 Å². The standard InChI is InChI=1S/C19H19N3/c1-15(17-6-3-2-4-7-17)22-13-16-9-11-21-19(12-16)18-8-5-10-20-14-18/h2-12,14-15,22H,13H2,1H3/t15-/m1/s1. The molecule has 3 rings (SSSR count). The van der Waals surface area contributed by atoms with Gasteiger partial charge in [-0.05, 0) is 42.3 Å². The molecule has 0 radical (unpaired) electrons. The Balaban J connectivity index is 1.69. The summed E-state index contributed by atoms with van der Waals surface area (Å²) in [4.78, 5) is 8.58. The third-order valence-electron chi connectivity index (χ3n) is 3.69. The molecule has 0 aliphatic heterocycles. The summed E-state index contributed by atoms with van der Waals surface area (Å²) in [6, 6.07) is 18.9. The fourth-order valence-corrected chi connectivity index (χ4v) is 2.39. The zero-order valence-electron chi connectivity index (χ0n) is 12.6. The topological polar surface area (TPSA) is 37.8 Å². The van der Waals surface area contributed by atoms with Crippen molar-refractivity contribution in [1.82, 2.24) is 15.3 Å². The van der Waals surface area contributed by atoms with Gasteiger partial charge >= 0.3 is 0 Å². The molecule has 3 aromatic rings. The van der Waals surface area contributed by atoms with E-state index in [2.05, 4.69) is 52.5 Å². The van der Waals surface area contributed by atoms with Gasteiger partial charge in [-0.1, -0.05) is 30.3 Å². The maximum Gasteiger partial charge on any atom is 0.0720 e. The lowest BCUT2D eigenvalue weighted by Crippen LogP contribution is -2.18. The molecular weight excluding hydrogens is 270 g/mol. The number of rotatable bonds is 5. The van der Waals surface area contributed by atoms with E-state index in [0.717, 1.165) is 17.8 Å². The van der Waals surface area contributed by atoms with E-state index >= 15 is 0 Å². The van der Waals surface area contributed by atoms with Crippen molar-refractivity contribution < 1.29 is 0 Å². The maximum atomic E-state index is 4.43. The molecule has 0 spiro atoms. The smallest absolute Gasteiger partial charge is 0.0720 e. The van der Waals surface area contributed by atoms with Gasteiger partial charge in [-0.25, -0.2) is 0 Å². The third kappa shape index (κ3) is 3.57. The average Bonchev–Trinajstić information content (AvgIpc) is 2.61. The predicted octanol–water partition coefficient (Wildman–Crippen LogP) is 3.99. The van der Waals surface area contributed by atoms with E-state index in [1.54, 1.807) is 6.20 Å². The molecule has 1 aromatic carbocycles. The number of nitrogens with zero attached hydrogens (tertiary/aromatic N) is 2. The average molecular weight is 289 g/mol. The molecule has 0 aliphatic carbocycles. The molecule has 0 aliphatic rings. The Bertz CT molecular complexity index is 711. The highest BCUT2D eigenvalue weighted by atomic mass is 14.9. The molecule has 2 aromatic heterocycles. The molecule has 110 valence electrons. The first-order chi connectivity index (χ1) is 10.8. The summed E-state index contributed by atoms with van der Waals surface area (Å²) in [7, 11) is 0. The van der Waals surface area contributed by atoms with Crippen molar-refractivity contribution >= 4 is 0 Å². The molecule has 0 bridgehead atoms. The third-order valence-corrected chi connectivity index (χ3v) is 3.69. The second-order valence-corrected chi connectivity index (χ2v) is 5.30. The molecule has 0 unspecified atom stereocenters. The Morgan fingerprint density at radius 2 is 1.86 bits per heavy atom. The highest BCUT2D eigenvalue weighted by Gasteiger charge is 2.05. The Labute approximate surface area is 131 Å². The van der Waals surface area contributed by atoms with Crippen molar-refractivity contribution in [3.63, 3.8) is 0 Å². The summed E-state index contributed by atoms with van der Waals surface area (Å²) < 4.78 is 0. The van der Waals surface area contributed by atoms with Crippen LogP contribution >= 0.6 is 0 Å². The SMILES string of the molecule is C[C@@H](NCc1ccnc(-c2cccnc2)c1)c1ccccc1. The van der Waals surface area contributed by atoms with Crippen molar-refractivity contribution in [2.75, 3.05) is 0 Å². The van der Waals surface area contributed by atoms with Crippen molar-refractivity contribution in [2.45, 2.75) is 19.5 Å². The first kappa shape index (κ1) is 14.4. The minimum absolute atomic E-state index is 0.316. The molecule has 0 saturated heterocycles. The number of hydrogen-bond donors (Lipinski definition) is 1. The number of hydrogen-bond acceptors (Lipinski definition) is 3. The van der Waals surface area contributed by atoms with Gasteiger partial charge < -0.3 is 5.32 Å². The minimum atomic E-state index is 0.316. The van der Waals surface area contributed by atoms with Crippen molar-refractivity contribution in [3.8, 4) is 11.3 Å². The van der Waals surface area contributed by atoms with Gasteiger partial charge in [-0.3, -0.25) is 9.97 Å². The summed E-state index contributed by atoms with van der Waals surface area (Å²) in [5, 5.41) is 3.55. The Morgan fingerprint density at radius 1 is 1.00 bits per heavy atom. The van der Waals surface area contributed by atoms with Crippen molar-refractivity contribution in [3.05, 3.63) is 84.3 Å². The minimum Gasteiger partial charge on any atom is -0.306 e. The van der Waals surface area contributed by atoms with Crippen LogP contribution in [0.1, 0.15) is 24.1 Å². The zero-order chi connectivity index (χ0) is 15.2. The predicted molar refractivity (Wildman–Crippen MR) is 89.2 cm³/mol. The summed E-state index contributed by atoms with van der Waals surface area (Å²) in [5.74, 6) is 0. The highest BCUT2D eigenvalue weighted by molar-refractivity contribution is 5.58. The van der Waals surface area contributed by atoms with E-state index in [4.69, 9.17) is 0 Å². The molecule has 1 atom stereocenters. The summed E-state index contributed by atoms with van der Waals surface area (Å²) in [6.45, 7) is 2.99. The first-order valence-corrected chi connectivity index (χ1v) is 7.46. The van der Waals surface area contributed by atoms with E-state index in [9.17, 15) is 0 Å². The van der Waals surface area contributed by atoms with Gasteiger partial charge in [0.1, 0.15) is 0 Å². The van der Waals surface area contributed by atoms with E-state index in [1.807, 2.05) is 36.7 Å². The second kappa shape index (κ2) is 6.96. The lowest BCUT2D eigenvalue weighted by molar-refractivity contribution is 0.574. The second-order valence-electron chi connectivity index (χ2n) is 5.30.